The molecule has 0 aliphatic heterocycles. The monoisotopic (exact) mass is 699 g/mol. The second-order valence-corrected chi connectivity index (χ2v) is 17.1. The lowest BCUT2D eigenvalue weighted by Gasteiger charge is -2.61. The molecule has 2 heterocycles. The minimum Gasteiger partial charge on any atom is -0.208 e. The molecule has 5 aliphatic rings. The van der Waals surface area contributed by atoms with Crippen LogP contribution in [0.5, 0.6) is 0 Å². The van der Waals surface area contributed by atoms with Crippen LogP contribution < -0.4 is 0 Å². The number of fused-ring (bicyclic) bond motifs is 6. The fourth-order valence-electron chi connectivity index (χ4n) is 11.4. The summed E-state index contributed by atoms with van der Waals surface area (Å²) in [6.07, 6.45) is 6.93. The Hall–Kier alpha value is -5.45. The molecular formula is C49H37N3S. The highest BCUT2D eigenvalue weighted by atomic mass is 32.1. The Bertz CT molecular complexity index is 2720. The largest absolute Gasteiger partial charge is 0.208 e. The standard InChI is InChI=1S/C49H37N3S/c1-2-9-32(10-3-1)46-50-47(33-19-17-31(18-20-33)34-21-22-38-37-11-5-7-16-43(37)53-44(38)28-34)52-48(51-46)40-13-8-15-42-45(40)39-12-4-6-14-41(39)49(42)35-24-29-23-30(26-35)27-36(49)25-29/h1-22,28-30,35-36H,23-27H2. The second kappa shape index (κ2) is 11.3. The van der Waals surface area contributed by atoms with E-state index in [4.69, 9.17) is 15.0 Å². The lowest BCUT2D eigenvalue weighted by atomic mass is 9.43. The maximum Gasteiger partial charge on any atom is 0.164 e. The molecule has 8 aromatic rings. The summed E-state index contributed by atoms with van der Waals surface area (Å²) in [6.45, 7) is 0. The van der Waals surface area contributed by atoms with Crippen molar-refractivity contribution in [2.75, 3.05) is 0 Å². The molecule has 0 saturated heterocycles. The molecule has 0 unspecified atom stereocenters. The molecule has 254 valence electrons. The zero-order chi connectivity index (χ0) is 34.7. The second-order valence-electron chi connectivity index (χ2n) is 16.0. The van der Waals surface area contributed by atoms with Gasteiger partial charge in [-0.25, -0.2) is 15.0 Å². The highest BCUT2D eigenvalue weighted by Gasteiger charge is 2.61. The number of benzene rings is 6. The molecule has 0 amide bonds. The molecular weight excluding hydrogens is 663 g/mol. The summed E-state index contributed by atoms with van der Waals surface area (Å²) in [4.78, 5) is 15.7. The minimum atomic E-state index is 0.0994. The average molecular weight is 700 g/mol. The van der Waals surface area contributed by atoms with E-state index >= 15 is 0 Å². The maximum absolute atomic E-state index is 5.32. The first kappa shape index (κ1) is 30.1. The van der Waals surface area contributed by atoms with Crippen LogP contribution in [0.4, 0.5) is 0 Å². The van der Waals surface area contributed by atoms with Gasteiger partial charge in [0.25, 0.3) is 0 Å². The fourth-order valence-corrected chi connectivity index (χ4v) is 12.6. The van der Waals surface area contributed by atoms with Crippen molar-refractivity contribution >= 4 is 31.5 Å². The lowest BCUT2D eigenvalue weighted by Crippen LogP contribution is -2.55. The van der Waals surface area contributed by atoms with Crippen LogP contribution in [-0.2, 0) is 5.41 Å². The van der Waals surface area contributed by atoms with E-state index in [1.54, 1.807) is 5.56 Å². The number of aromatic nitrogens is 3. The van der Waals surface area contributed by atoms with E-state index in [0.29, 0.717) is 23.5 Å². The SMILES string of the molecule is c1ccc(-c2nc(-c3ccc(-c4ccc5c(c4)sc4ccccc45)cc3)nc(-c3cccc4c3-c3ccccc3C43C4CC5CC(C4)CC3C5)n2)cc1. The Morgan fingerprint density at radius 3 is 1.81 bits per heavy atom. The molecule has 0 atom stereocenters. The molecule has 2 aromatic heterocycles. The molecule has 4 saturated carbocycles. The van der Waals surface area contributed by atoms with E-state index in [1.807, 2.05) is 17.4 Å². The molecule has 3 nitrogen and oxygen atoms in total. The van der Waals surface area contributed by atoms with Gasteiger partial charge in [0.15, 0.2) is 17.5 Å². The van der Waals surface area contributed by atoms with Crippen LogP contribution in [0.2, 0.25) is 0 Å². The topological polar surface area (TPSA) is 38.7 Å². The van der Waals surface area contributed by atoms with Crippen molar-refractivity contribution in [2.45, 2.75) is 37.5 Å². The highest BCUT2D eigenvalue weighted by molar-refractivity contribution is 7.25. The third-order valence-corrected chi connectivity index (χ3v) is 14.5. The Balaban J connectivity index is 0.997. The first-order valence-corrected chi connectivity index (χ1v) is 20.1. The molecule has 0 N–H and O–H groups in total. The van der Waals surface area contributed by atoms with Crippen molar-refractivity contribution < 1.29 is 0 Å². The van der Waals surface area contributed by atoms with Crippen molar-refractivity contribution in [3.63, 3.8) is 0 Å². The van der Waals surface area contributed by atoms with Gasteiger partial charge < -0.3 is 0 Å². The van der Waals surface area contributed by atoms with E-state index in [2.05, 4.69) is 133 Å². The van der Waals surface area contributed by atoms with E-state index in [0.717, 1.165) is 34.4 Å². The Kier molecular flexibility index (Phi) is 6.39. The van der Waals surface area contributed by atoms with Crippen LogP contribution >= 0.6 is 11.3 Å². The molecule has 6 aromatic carbocycles. The maximum atomic E-state index is 5.32. The Morgan fingerprint density at radius 1 is 0.434 bits per heavy atom. The predicted molar refractivity (Wildman–Crippen MR) is 218 cm³/mol. The normalized spacial score (nSPS) is 23.5. The molecule has 5 aliphatic carbocycles. The minimum absolute atomic E-state index is 0.0994. The van der Waals surface area contributed by atoms with Crippen molar-refractivity contribution in [3.05, 3.63) is 151 Å². The summed E-state index contributed by atoms with van der Waals surface area (Å²) < 4.78 is 2.64. The zero-order valence-electron chi connectivity index (χ0n) is 29.4. The summed E-state index contributed by atoms with van der Waals surface area (Å²) in [5, 5.41) is 2.65. The van der Waals surface area contributed by atoms with Crippen LogP contribution in [0.25, 0.3) is 76.6 Å². The summed E-state index contributed by atoms with van der Waals surface area (Å²) in [5.41, 5.74) is 11.4. The third kappa shape index (κ3) is 4.36. The Labute approximate surface area is 313 Å². The summed E-state index contributed by atoms with van der Waals surface area (Å²) in [7, 11) is 0. The van der Waals surface area contributed by atoms with Crippen LogP contribution in [0.15, 0.2) is 140 Å². The lowest BCUT2D eigenvalue weighted by molar-refractivity contribution is -0.0399. The van der Waals surface area contributed by atoms with Gasteiger partial charge in [0.05, 0.1) is 0 Å². The first-order valence-electron chi connectivity index (χ1n) is 19.3. The summed E-state index contributed by atoms with van der Waals surface area (Å²) in [6, 6.07) is 51.0. The predicted octanol–water partition coefficient (Wildman–Crippen LogP) is 12.6. The number of rotatable bonds is 4. The van der Waals surface area contributed by atoms with Gasteiger partial charge in [-0.1, -0.05) is 127 Å². The smallest absolute Gasteiger partial charge is 0.164 e. The summed E-state index contributed by atoms with van der Waals surface area (Å²) >= 11 is 1.86. The van der Waals surface area contributed by atoms with Crippen LogP contribution in [0.1, 0.15) is 43.2 Å². The number of nitrogens with zero attached hydrogens (tertiary/aromatic N) is 3. The number of hydrogen-bond acceptors (Lipinski definition) is 4. The van der Waals surface area contributed by atoms with E-state index in [1.165, 1.54) is 80.1 Å². The van der Waals surface area contributed by atoms with Crippen LogP contribution in [0.3, 0.4) is 0 Å². The van der Waals surface area contributed by atoms with Crippen molar-refractivity contribution in [3.8, 4) is 56.4 Å². The van der Waals surface area contributed by atoms with Gasteiger partial charge in [-0.15, -0.1) is 11.3 Å². The van der Waals surface area contributed by atoms with Crippen molar-refractivity contribution in [1.82, 2.24) is 15.0 Å². The summed E-state index contributed by atoms with van der Waals surface area (Å²) in [5.74, 6) is 5.40. The molecule has 4 heteroatoms. The van der Waals surface area contributed by atoms with Crippen LogP contribution in [0, 0.1) is 23.7 Å². The molecule has 0 radical (unpaired) electrons. The van der Waals surface area contributed by atoms with E-state index in [-0.39, 0.29) is 5.41 Å². The number of hydrogen-bond donors (Lipinski definition) is 0. The zero-order valence-corrected chi connectivity index (χ0v) is 30.2. The molecule has 1 spiro atoms. The van der Waals surface area contributed by atoms with Crippen molar-refractivity contribution in [1.29, 1.82) is 0 Å². The molecule has 4 fully saturated rings. The van der Waals surface area contributed by atoms with Gasteiger partial charge in [0.1, 0.15) is 0 Å². The van der Waals surface area contributed by atoms with Gasteiger partial charge >= 0.3 is 0 Å². The van der Waals surface area contributed by atoms with Gasteiger partial charge in [-0.3, -0.25) is 0 Å². The third-order valence-electron chi connectivity index (χ3n) is 13.3. The van der Waals surface area contributed by atoms with Gasteiger partial charge in [0.2, 0.25) is 0 Å². The van der Waals surface area contributed by atoms with E-state index < -0.39 is 0 Å². The van der Waals surface area contributed by atoms with Crippen LogP contribution in [-0.4, -0.2) is 15.0 Å². The fraction of sp³-hybridized carbons (Fsp3) is 0.204. The quantitative estimate of drug-likeness (QED) is 0.184. The molecule has 13 rings (SSSR count). The van der Waals surface area contributed by atoms with Gasteiger partial charge in [-0.2, -0.15) is 0 Å². The first-order chi connectivity index (χ1) is 26.2. The average Bonchev–Trinajstić information content (AvgIpc) is 3.73. The molecule has 4 bridgehead atoms. The van der Waals surface area contributed by atoms with Gasteiger partial charge in [0, 0.05) is 42.3 Å². The number of thiophene rings is 1. The van der Waals surface area contributed by atoms with Gasteiger partial charge in [-0.05, 0) is 101 Å². The highest BCUT2D eigenvalue weighted by Crippen LogP contribution is 2.70. The van der Waals surface area contributed by atoms with Crippen molar-refractivity contribution in [2.24, 2.45) is 23.7 Å². The molecule has 53 heavy (non-hydrogen) atoms. The van der Waals surface area contributed by atoms with E-state index in [9.17, 15) is 0 Å². The Morgan fingerprint density at radius 2 is 1.02 bits per heavy atom.